The van der Waals surface area contributed by atoms with Gasteiger partial charge in [0.05, 0.1) is 5.69 Å². The summed E-state index contributed by atoms with van der Waals surface area (Å²) in [5.41, 5.74) is 2.96. The number of fused-ring (bicyclic) bond motifs is 1. The highest BCUT2D eigenvalue weighted by Gasteiger charge is 2.33. The zero-order valence-corrected chi connectivity index (χ0v) is 15.0. The van der Waals surface area contributed by atoms with Gasteiger partial charge in [-0.1, -0.05) is 54.6 Å². The molecule has 0 saturated heterocycles. The molecule has 1 atom stereocenters. The third-order valence-corrected chi connectivity index (χ3v) is 5.16. The summed E-state index contributed by atoms with van der Waals surface area (Å²) in [5.74, 6) is 0.698. The van der Waals surface area contributed by atoms with Gasteiger partial charge in [-0.05, 0) is 11.6 Å². The molecule has 1 amide bonds. The first-order valence-corrected chi connectivity index (χ1v) is 9.32. The van der Waals surface area contributed by atoms with Crippen molar-refractivity contribution in [2.24, 2.45) is 0 Å². The molecule has 0 N–H and O–H groups in total. The van der Waals surface area contributed by atoms with Crippen molar-refractivity contribution in [3.05, 3.63) is 78.2 Å². The molecule has 1 aliphatic rings. The number of nitrogens with zero attached hydrogens (tertiary/aromatic N) is 2. The second kappa shape index (κ2) is 7.14. The van der Waals surface area contributed by atoms with Gasteiger partial charge in [0.2, 0.25) is 0 Å². The van der Waals surface area contributed by atoms with Crippen molar-refractivity contribution in [3.63, 3.8) is 0 Å². The van der Waals surface area contributed by atoms with Crippen molar-refractivity contribution in [3.8, 4) is 17.0 Å². The lowest BCUT2D eigenvalue weighted by Gasteiger charge is -2.21. The van der Waals surface area contributed by atoms with Crippen LogP contribution in [-0.2, 0) is 11.2 Å². The molecular weight excluding hydrogens is 344 g/mol. The van der Waals surface area contributed by atoms with Crippen LogP contribution in [0.1, 0.15) is 5.56 Å². The van der Waals surface area contributed by atoms with E-state index >= 15 is 0 Å². The Hall–Kier alpha value is -2.92. The van der Waals surface area contributed by atoms with E-state index in [9.17, 15) is 4.79 Å². The zero-order valence-electron chi connectivity index (χ0n) is 14.2. The van der Waals surface area contributed by atoms with Gasteiger partial charge in [-0.2, -0.15) is 0 Å². The average Bonchev–Trinajstić information content (AvgIpc) is 3.33. The number of amides is 1. The number of ether oxygens (including phenoxy) is 1. The summed E-state index contributed by atoms with van der Waals surface area (Å²) < 4.78 is 5.86. The SMILES string of the molecule is C=CCN(C(=O)[C@H]1Cc2ccccc2O1)c1nc(-c2ccccc2)cs1. The molecule has 1 aliphatic heterocycles. The number of thiazole rings is 1. The lowest BCUT2D eigenvalue weighted by Crippen LogP contribution is -2.41. The minimum absolute atomic E-state index is 0.0879. The predicted molar refractivity (Wildman–Crippen MR) is 105 cm³/mol. The number of aromatic nitrogens is 1. The van der Waals surface area contributed by atoms with E-state index in [2.05, 4.69) is 11.6 Å². The maximum absolute atomic E-state index is 13.1. The van der Waals surface area contributed by atoms with E-state index in [4.69, 9.17) is 4.74 Å². The fourth-order valence-corrected chi connectivity index (χ4v) is 3.86. The third kappa shape index (κ3) is 3.13. The summed E-state index contributed by atoms with van der Waals surface area (Å²) >= 11 is 1.45. The Balaban J connectivity index is 1.58. The first-order chi connectivity index (χ1) is 12.8. The summed E-state index contributed by atoms with van der Waals surface area (Å²) in [4.78, 5) is 19.4. The number of rotatable bonds is 5. The molecule has 5 heteroatoms. The Morgan fingerprint density at radius 2 is 2.00 bits per heavy atom. The van der Waals surface area contributed by atoms with Crippen molar-refractivity contribution in [1.29, 1.82) is 0 Å². The van der Waals surface area contributed by atoms with Gasteiger partial charge >= 0.3 is 0 Å². The van der Waals surface area contributed by atoms with Crippen molar-refractivity contribution in [1.82, 2.24) is 4.98 Å². The Labute approximate surface area is 156 Å². The highest BCUT2D eigenvalue weighted by atomic mass is 32.1. The highest BCUT2D eigenvalue weighted by molar-refractivity contribution is 7.14. The molecule has 3 aromatic rings. The zero-order chi connectivity index (χ0) is 17.9. The van der Waals surface area contributed by atoms with E-state index in [-0.39, 0.29) is 5.91 Å². The molecular formula is C21H18N2O2S. The molecule has 1 aromatic heterocycles. The van der Waals surface area contributed by atoms with Crippen LogP contribution in [0.4, 0.5) is 5.13 Å². The van der Waals surface area contributed by atoms with Crippen LogP contribution in [0.15, 0.2) is 72.6 Å². The molecule has 4 nitrogen and oxygen atoms in total. The van der Waals surface area contributed by atoms with Gasteiger partial charge in [0.25, 0.3) is 5.91 Å². The fourth-order valence-electron chi connectivity index (χ4n) is 3.01. The van der Waals surface area contributed by atoms with Crippen LogP contribution < -0.4 is 9.64 Å². The van der Waals surface area contributed by atoms with Gasteiger partial charge in [-0.15, -0.1) is 17.9 Å². The smallest absolute Gasteiger partial charge is 0.270 e. The lowest BCUT2D eigenvalue weighted by atomic mass is 10.1. The minimum Gasteiger partial charge on any atom is -0.480 e. The molecule has 4 rings (SSSR count). The van der Waals surface area contributed by atoms with Crippen LogP contribution in [0.3, 0.4) is 0 Å². The Bertz CT molecular complexity index is 911. The standard InChI is InChI=1S/C21H18N2O2S/c1-2-12-23(20(24)19-13-16-10-6-7-11-18(16)25-19)21-22-17(14-26-21)15-8-4-3-5-9-15/h2-11,14,19H,1,12-13H2/t19-/m1/s1. The van der Waals surface area contributed by atoms with Crippen LogP contribution in [0.2, 0.25) is 0 Å². The van der Waals surface area contributed by atoms with Gasteiger partial charge in [0.1, 0.15) is 5.75 Å². The third-order valence-electron chi connectivity index (χ3n) is 4.29. The highest BCUT2D eigenvalue weighted by Crippen LogP contribution is 2.32. The largest absolute Gasteiger partial charge is 0.480 e. The van der Waals surface area contributed by atoms with Crippen LogP contribution in [0, 0.1) is 0 Å². The lowest BCUT2D eigenvalue weighted by molar-refractivity contribution is -0.124. The molecule has 0 fully saturated rings. The number of carbonyl (C=O) groups excluding carboxylic acids is 1. The molecule has 0 bridgehead atoms. The normalized spacial score (nSPS) is 15.2. The van der Waals surface area contributed by atoms with E-state index in [0.717, 1.165) is 22.6 Å². The van der Waals surface area contributed by atoms with E-state index in [0.29, 0.717) is 18.1 Å². The Kier molecular flexibility index (Phi) is 4.54. The molecule has 0 unspecified atom stereocenters. The van der Waals surface area contributed by atoms with Crippen molar-refractivity contribution < 1.29 is 9.53 Å². The summed E-state index contributed by atoms with van der Waals surface area (Å²) in [5, 5.41) is 2.63. The topological polar surface area (TPSA) is 42.4 Å². The Morgan fingerprint density at radius 3 is 2.77 bits per heavy atom. The Morgan fingerprint density at radius 1 is 1.23 bits per heavy atom. The van der Waals surface area contributed by atoms with Crippen LogP contribution >= 0.6 is 11.3 Å². The quantitative estimate of drug-likeness (QED) is 0.634. The molecule has 26 heavy (non-hydrogen) atoms. The van der Waals surface area contributed by atoms with Crippen LogP contribution in [-0.4, -0.2) is 23.5 Å². The van der Waals surface area contributed by atoms with Crippen molar-refractivity contribution >= 4 is 22.4 Å². The van der Waals surface area contributed by atoms with E-state index < -0.39 is 6.10 Å². The molecule has 2 heterocycles. The number of hydrogen-bond acceptors (Lipinski definition) is 4. The van der Waals surface area contributed by atoms with Crippen molar-refractivity contribution in [2.45, 2.75) is 12.5 Å². The fraction of sp³-hybridized carbons (Fsp3) is 0.143. The summed E-state index contributed by atoms with van der Waals surface area (Å²) in [7, 11) is 0. The molecule has 0 aliphatic carbocycles. The monoisotopic (exact) mass is 362 g/mol. The van der Waals surface area contributed by atoms with Crippen LogP contribution in [0.5, 0.6) is 5.75 Å². The summed E-state index contributed by atoms with van der Waals surface area (Å²) in [6.07, 6.45) is 1.78. The minimum atomic E-state index is -0.517. The van der Waals surface area contributed by atoms with E-state index in [1.165, 1.54) is 11.3 Å². The molecule has 130 valence electrons. The van der Waals surface area contributed by atoms with E-state index in [1.807, 2.05) is 60.0 Å². The van der Waals surface area contributed by atoms with Gasteiger partial charge in [-0.3, -0.25) is 9.69 Å². The number of carbonyl (C=O) groups is 1. The first kappa shape index (κ1) is 16.5. The maximum Gasteiger partial charge on any atom is 0.270 e. The second-order valence-corrected chi connectivity index (χ2v) is 6.87. The van der Waals surface area contributed by atoms with Gasteiger partial charge in [0.15, 0.2) is 11.2 Å². The number of para-hydroxylation sites is 1. The van der Waals surface area contributed by atoms with E-state index in [1.54, 1.807) is 11.0 Å². The van der Waals surface area contributed by atoms with Gasteiger partial charge in [0, 0.05) is 23.9 Å². The number of benzene rings is 2. The summed E-state index contributed by atoms with van der Waals surface area (Å²) in [6.45, 7) is 4.18. The number of hydrogen-bond donors (Lipinski definition) is 0. The predicted octanol–water partition coefficient (Wildman–Crippen LogP) is 4.33. The molecule has 0 spiro atoms. The van der Waals surface area contributed by atoms with Gasteiger partial charge < -0.3 is 4.74 Å². The molecule has 0 saturated carbocycles. The maximum atomic E-state index is 13.1. The molecule has 2 aromatic carbocycles. The van der Waals surface area contributed by atoms with Gasteiger partial charge in [-0.25, -0.2) is 4.98 Å². The van der Waals surface area contributed by atoms with Crippen LogP contribution in [0.25, 0.3) is 11.3 Å². The van der Waals surface area contributed by atoms with Crippen molar-refractivity contribution in [2.75, 3.05) is 11.4 Å². The average molecular weight is 362 g/mol. The summed E-state index contributed by atoms with van der Waals surface area (Å²) in [6, 6.07) is 17.7. The molecule has 0 radical (unpaired) electrons. The second-order valence-electron chi connectivity index (χ2n) is 6.04. The first-order valence-electron chi connectivity index (χ1n) is 8.44. The number of anilines is 1.